The summed E-state index contributed by atoms with van der Waals surface area (Å²) < 4.78 is 10.4. The maximum Gasteiger partial charge on any atom is 0.343 e. The van der Waals surface area contributed by atoms with Crippen LogP contribution >= 0.6 is 15.9 Å². The second-order valence-electron chi connectivity index (χ2n) is 4.32. The van der Waals surface area contributed by atoms with E-state index in [1.807, 2.05) is 6.07 Å². The Morgan fingerprint density at radius 3 is 2.41 bits per heavy atom. The molecule has 0 saturated carbocycles. The molecule has 2 aromatic carbocycles. The van der Waals surface area contributed by atoms with Crippen LogP contribution in [-0.4, -0.2) is 25.6 Å². The first-order valence-corrected chi connectivity index (χ1v) is 7.25. The molecule has 0 saturated heterocycles. The van der Waals surface area contributed by atoms with E-state index in [0.717, 1.165) is 4.47 Å². The van der Waals surface area contributed by atoms with Gasteiger partial charge in [0.1, 0.15) is 5.75 Å². The van der Waals surface area contributed by atoms with Crippen LogP contribution in [0.4, 0.5) is 5.69 Å². The standard InChI is InChI=1S/C16H14BrNO4/c1-21-15(19)10-22-12-8-6-11(7-9-12)18-16(20)13-4-2-3-5-14(13)17/h2-9H,10H2,1H3,(H,18,20). The minimum Gasteiger partial charge on any atom is -0.482 e. The van der Waals surface area contributed by atoms with Gasteiger partial charge in [0.15, 0.2) is 6.61 Å². The zero-order valence-electron chi connectivity index (χ0n) is 11.8. The SMILES string of the molecule is COC(=O)COc1ccc(NC(=O)c2ccccc2Br)cc1. The summed E-state index contributed by atoms with van der Waals surface area (Å²) >= 11 is 3.34. The van der Waals surface area contributed by atoms with Crippen molar-refractivity contribution in [1.82, 2.24) is 0 Å². The number of esters is 1. The molecule has 0 unspecified atom stereocenters. The predicted molar refractivity (Wildman–Crippen MR) is 86.0 cm³/mol. The summed E-state index contributed by atoms with van der Waals surface area (Å²) in [5, 5.41) is 2.79. The highest BCUT2D eigenvalue weighted by atomic mass is 79.9. The predicted octanol–water partition coefficient (Wildman–Crippen LogP) is 3.25. The van der Waals surface area contributed by atoms with Crippen molar-refractivity contribution in [3.05, 3.63) is 58.6 Å². The van der Waals surface area contributed by atoms with Crippen molar-refractivity contribution in [3.63, 3.8) is 0 Å². The van der Waals surface area contributed by atoms with Crippen molar-refractivity contribution in [3.8, 4) is 5.75 Å². The molecule has 0 atom stereocenters. The van der Waals surface area contributed by atoms with E-state index in [2.05, 4.69) is 26.0 Å². The van der Waals surface area contributed by atoms with E-state index in [-0.39, 0.29) is 12.5 Å². The molecule has 5 nitrogen and oxygen atoms in total. The van der Waals surface area contributed by atoms with Gasteiger partial charge in [-0.2, -0.15) is 0 Å². The van der Waals surface area contributed by atoms with Crippen molar-refractivity contribution in [1.29, 1.82) is 0 Å². The van der Waals surface area contributed by atoms with E-state index < -0.39 is 5.97 Å². The summed E-state index contributed by atoms with van der Waals surface area (Å²) in [6.45, 7) is -0.154. The Morgan fingerprint density at radius 2 is 1.77 bits per heavy atom. The van der Waals surface area contributed by atoms with E-state index in [4.69, 9.17) is 4.74 Å². The summed E-state index contributed by atoms with van der Waals surface area (Å²) in [5.41, 5.74) is 1.18. The minimum absolute atomic E-state index is 0.154. The first-order valence-electron chi connectivity index (χ1n) is 6.45. The largest absolute Gasteiger partial charge is 0.482 e. The molecule has 0 fully saturated rings. The Morgan fingerprint density at radius 1 is 1.09 bits per heavy atom. The topological polar surface area (TPSA) is 64.6 Å². The summed E-state index contributed by atoms with van der Waals surface area (Å²) in [6.07, 6.45) is 0. The molecule has 2 aromatic rings. The highest BCUT2D eigenvalue weighted by molar-refractivity contribution is 9.10. The minimum atomic E-state index is -0.452. The Bertz CT molecular complexity index is 670. The van der Waals surface area contributed by atoms with Gasteiger partial charge in [-0.3, -0.25) is 4.79 Å². The number of anilines is 1. The van der Waals surface area contributed by atoms with Gasteiger partial charge in [-0.25, -0.2) is 4.79 Å². The number of carbonyl (C=O) groups excluding carboxylic acids is 2. The zero-order chi connectivity index (χ0) is 15.9. The molecule has 22 heavy (non-hydrogen) atoms. The number of ether oxygens (including phenoxy) is 2. The van der Waals surface area contributed by atoms with Gasteiger partial charge in [-0.05, 0) is 52.3 Å². The fraction of sp³-hybridized carbons (Fsp3) is 0.125. The molecule has 0 spiro atoms. The molecule has 0 heterocycles. The molecule has 0 aromatic heterocycles. The van der Waals surface area contributed by atoms with Gasteiger partial charge in [-0.15, -0.1) is 0 Å². The third-order valence-electron chi connectivity index (χ3n) is 2.82. The molecule has 0 bridgehead atoms. The lowest BCUT2D eigenvalue weighted by atomic mass is 10.2. The van der Waals surface area contributed by atoms with Crippen LogP contribution in [0.15, 0.2) is 53.0 Å². The van der Waals surface area contributed by atoms with Crippen molar-refractivity contribution < 1.29 is 19.1 Å². The molecule has 114 valence electrons. The molecule has 1 amide bonds. The van der Waals surface area contributed by atoms with Gasteiger partial charge >= 0.3 is 5.97 Å². The van der Waals surface area contributed by atoms with E-state index in [1.165, 1.54) is 7.11 Å². The summed E-state index contributed by atoms with van der Waals surface area (Å²) in [6, 6.07) is 13.9. The van der Waals surface area contributed by atoms with Crippen LogP contribution in [0.3, 0.4) is 0 Å². The van der Waals surface area contributed by atoms with Crippen molar-refractivity contribution in [2.75, 3.05) is 19.0 Å². The van der Waals surface area contributed by atoms with Gasteiger partial charge in [0.05, 0.1) is 12.7 Å². The lowest BCUT2D eigenvalue weighted by molar-refractivity contribution is -0.142. The number of benzene rings is 2. The molecule has 0 aliphatic carbocycles. The molecule has 0 aliphatic heterocycles. The van der Waals surface area contributed by atoms with Crippen molar-refractivity contribution >= 4 is 33.5 Å². The highest BCUT2D eigenvalue weighted by Gasteiger charge is 2.09. The smallest absolute Gasteiger partial charge is 0.343 e. The second kappa shape index (κ2) is 7.61. The third kappa shape index (κ3) is 4.33. The number of rotatable bonds is 5. The monoisotopic (exact) mass is 363 g/mol. The second-order valence-corrected chi connectivity index (χ2v) is 5.18. The number of halogens is 1. The molecule has 2 rings (SSSR count). The quantitative estimate of drug-likeness (QED) is 0.828. The Kier molecular flexibility index (Phi) is 5.55. The van der Waals surface area contributed by atoms with Gasteiger partial charge < -0.3 is 14.8 Å². The van der Waals surface area contributed by atoms with Crippen molar-refractivity contribution in [2.45, 2.75) is 0 Å². The van der Waals surface area contributed by atoms with Crippen LogP contribution in [0.5, 0.6) is 5.75 Å². The first kappa shape index (κ1) is 16.0. The van der Waals surface area contributed by atoms with Crippen LogP contribution in [0, 0.1) is 0 Å². The number of methoxy groups -OCH3 is 1. The number of nitrogens with one attached hydrogen (secondary N) is 1. The summed E-state index contributed by atoms with van der Waals surface area (Å²) in [5.74, 6) is -0.147. The maximum absolute atomic E-state index is 12.1. The van der Waals surface area contributed by atoms with E-state index in [9.17, 15) is 9.59 Å². The Hall–Kier alpha value is -2.34. The summed E-state index contributed by atoms with van der Waals surface area (Å²) in [4.78, 5) is 23.1. The van der Waals surface area contributed by atoms with Crippen LogP contribution < -0.4 is 10.1 Å². The number of amides is 1. The normalized spacial score (nSPS) is 9.91. The van der Waals surface area contributed by atoms with Crippen molar-refractivity contribution in [2.24, 2.45) is 0 Å². The average molecular weight is 364 g/mol. The lowest BCUT2D eigenvalue weighted by Crippen LogP contribution is -2.13. The fourth-order valence-corrected chi connectivity index (χ4v) is 2.14. The molecule has 0 aliphatic rings. The fourth-order valence-electron chi connectivity index (χ4n) is 1.68. The van der Waals surface area contributed by atoms with Crippen LogP contribution in [0.25, 0.3) is 0 Å². The molecule has 1 N–H and O–H groups in total. The number of hydrogen-bond donors (Lipinski definition) is 1. The number of hydrogen-bond acceptors (Lipinski definition) is 4. The summed E-state index contributed by atoms with van der Waals surface area (Å²) in [7, 11) is 1.30. The Labute approximate surface area is 136 Å². The van der Waals surface area contributed by atoms with E-state index in [0.29, 0.717) is 17.0 Å². The molecule has 6 heteroatoms. The van der Waals surface area contributed by atoms with E-state index >= 15 is 0 Å². The third-order valence-corrected chi connectivity index (χ3v) is 3.51. The average Bonchev–Trinajstić information content (AvgIpc) is 2.54. The van der Waals surface area contributed by atoms with Gasteiger partial charge in [-0.1, -0.05) is 12.1 Å². The zero-order valence-corrected chi connectivity index (χ0v) is 13.4. The lowest BCUT2D eigenvalue weighted by Gasteiger charge is -2.08. The highest BCUT2D eigenvalue weighted by Crippen LogP contribution is 2.19. The van der Waals surface area contributed by atoms with E-state index in [1.54, 1.807) is 42.5 Å². The molecular formula is C16H14BrNO4. The van der Waals surface area contributed by atoms with Crippen LogP contribution in [0.1, 0.15) is 10.4 Å². The van der Waals surface area contributed by atoms with Gasteiger partial charge in [0, 0.05) is 10.2 Å². The number of carbonyl (C=O) groups is 2. The van der Waals surface area contributed by atoms with Gasteiger partial charge in [0.2, 0.25) is 0 Å². The maximum atomic E-state index is 12.1. The molecule has 0 radical (unpaired) electrons. The first-order chi connectivity index (χ1) is 10.6. The Balaban J connectivity index is 1.98. The molecular weight excluding hydrogens is 350 g/mol. The van der Waals surface area contributed by atoms with Crippen LogP contribution in [0.2, 0.25) is 0 Å². The van der Waals surface area contributed by atoms with Gasteiger partial charge in [0.25, 0.3) is 5.91 Å². The van der Waals surface area contributed by atoms with Crippen LogP contribution in [-0.2, 0) is 9.53 Å².